The lowest BCUT2D eigenvalue weighted by atomic mass is 10.2. The van der Waals surface area contributed by atoms with Gasteiger partial charge in [-0.1, -0.05) is 10.7 Å². The van der Waals surface area contributed by atoms with Crippen LogP contribution in [0, 0.1) is 6.92 Å². The van der Waals surface area contributed by atoms with Crippen LogP contribution >= 0.6 is 0 Å². The predicted octanol–water partition coefficient (Wildman–Crippen LogP) is 2.34. The number of aromatic nitrogens is 2. The Hall–Kier alpha value is -1.12. The summed E-state index contributed by atoms with van der Waals surface area (Å²) in [5.74, 6) is 1.44. The molecule has 0 aromatic carbocycles. The van der Waals surface area contributed by atoms with E-state index in [1.165, 1.54) is 24.0 Å². The van der Waals surface area contributed by atoms with E-state index in [1.807, 2.05) is 6.92 Å². The van der Waals surface area contributed by atoms with Crippen molar-refractivity contribution in [2.24, 2.45) is 0 Å². The van der Waals surface area contributed by atoms with Crippen LogP contribution in [-0.2, 0) is 0 Å². The summed E-state index contributed by atoms with van der Waals surface area (Å²) in [6.45, 7) is 3.99. The van der Waals surface area contributed by atoms with Crippen molar-refractivity contribution >= 4 is 5.57 Å². The monoisotopic (exact) mass is 164 g/mol. The molecule has 1 aromatic rings. The van der Waals surface area contributed by atoms with Gasteiger partial charge >= 0.3 is 0 Å². The van der Waals surface area contributed by atoms with Gasteiger partial charge < -0.3 is 4.52 Å². The molecule has 3 nitrogen and oxygen atoms in total. The minimum absolute atomic E-state index is 0.720. The zero-order valence-corrected chi connectivity index (χ0v) is 7.42. The molecule has 0 unspecified atom stereocenters. The maximum absolute atomic E-state index is 5.10. The first-order valence-electron chi connectivity index (χ1n) is 4.26. The molecule has 1 aromatic heterocycles. The average molecular weight is 164 g/mol. The lowest BCUT2D eigenvalue weighted by molar-refractivity contribution is 0.401. The Kier molecular flexibility index (Phi) is 1.71. The van der Waals surface area contributed by atoms with E-state index in [-0.39, 0.29) is 0 Å². The smallest absolute Gasteiger partial charge is 0.253 e. The number of hydrogen-bond acceptors (Lipinski definition) is 3. The zero-order chi connectivity index (χ0) is 8.55. The Morgan fingerprint density at radius 1 is 1.25 bits per heavy atom. The highest BCUT2D eigenvalue weighted by atomic mass is 16.5. The number of allylic oxidation sites excluding steroid dienone is 2. The highest BCUT2D eigenvalue weighted by molar-refractivity contribution is 5.63. The molecular formula is C9H12N2O. The molecule has 0 spiro atoms. The fourth-order valence-corrected chi connectivity index (χ4v) is 1.60. The van der Waals surface area contributed by atoms with E-state index in [9.17, 15) is 0 Å². The summed E-state index contributed by atoms with van der Waals surface area (Å²) in [5, 5.41) is 3.78. The average Bonchev–Trinajstić information content (AvgIpc) is 2.58. The normalized spacial score (nSPS) is 17.5. The molecule has 1 aliphatic rings. The second kappa shape index (κ2) is 2.73. The van der Waals surface area contributed by atoms with E-state index in [1.54, 1.807) is 0 Å². The topological polar surface area (TPSA) is 38.9 Å². The quantitative estimate of drug-likeness (QED) is 0.639. The third-order valence-electron chi connectivity index (χ3n) is 2.28. The van der Waals surface area contributed by atoms with Crippen LogP contribution in [-0.4, -0.2) is 10.1 Å². The number of rotatable bonds is 1. The van der Waals surface area contributed by atoms with Crippen molar-refractivity contribution in [3.63, 3.8) is 0 Å². The summed E-state index contributed by atoms with van der Waals surface area (Å²) < 4.78 is 5.10. The Labute approximate surface area is 71.5 Å². The lowest BCUT2D eigenvalue weighted by Gasteiger charge is -1.93. The minimum Gasteiger partial charge on any atom is -0.334 e. The summed E-state index contributed by atoms with van der Waals surface area (Å²) in [7, 11) is 0. The fourth-order valence-electron chi connectivity index (χ4n) is 1.60. The van der Waals surface area contributed by atoms with Gasteiger partial charge in [0.15, 0.2) is 5.82 Å². The van der Waals surface area contributed by atoms with Crippen molar-refractivity contribution in [2.75, 3.05) is 0 Å². The summed E-state index contributed by atoms with van der Waals surface area (Å²) in [4.78, 5) is 4.21. The second-order valence-electron chi connectivity index (χ2n) is 3.26. The van der Waals surface area contributed by atoms with Gasteiger partial charge in [0.25, 0.3) is 5.89 Å². The standard InChI is InChI=1S/C9H12N2O/c1-6-4-3-5-8(6)9-10-7(2)11-12-9/h3-5H2,1-2H3. The third-order valence-corrected chi connectivity index (χ3v) is 2.28. The summed E-state index contributed by atoms with van der Waals surface area (Å²) >= 11 is 0. The maximum Gasteiger partial charge on any atom is 0.253 e. The van der Waals surface area contributed by atoms with Gasteiger partial charge in [-0.05, 0) is 33.1 Å². The van der Waals surface area contributed by atoms with Crippen molar-refractivity contribution in [3.05, 3.63) is 17.3 Å². The Morgan fingerprint density at radius 3 is 2.58 bits per heavy atom. The van der Waals surface area contributed by atoms with Crippen molar-refractivity contribution in [3.8, 4) is 0 Å². The molecule has 0 saturated heterocycles. The van der Waals surface area contributed by atoms with Crippen LogP contribution in [0.1, 0.15) is 37.9 Å². The lowest BCUT2D eigenvalue weighted by Crippen LogP contribution is -1.82. The Morgan fingerprint density at radius 2 is 2.08 bits per heavy atom. The molecule has 0 fully saturated rings. The van der Waals surface area contributed by atoms with E-state index in [4.69, 9.17) is 4.52 Å². The maximum atomic E-state index is 5.10. The first kappa shape index (κ1) is 7.53. The summed E-state index contributed by atoms with van der Waals surface area (Å²) in [5.41, 5.74) is 2.66. The molecule has 1 heterocycles. The third kappa shape index (κ3) is 1.15. The molecule has 12 heavy (non-hydrogen) atoms. The van der Waals surface area contributed by atoms with Gasteiger partial charge in [-0.2, -0.15) is 4.98 Å². The highest BCUT2D eigenvalue weighted by Crippen LogP contribution is 2.32. The van der Waals surface area contributed by atoms with E-state index >= 15 is 0 Å². The largest absolute Gasteiger partial charge is 0.334 e. The van der Waals surface area contributed by atoms with Gasteiger partial charge in [0, 0.05) is 5.57 Å². The minimum atomic E-state index is 0.720. The fraction of sp³-hybridized carbons (Fsp3) is 0.556. The molecule has 0 aliphatic heterocycles. The second-order valence-corrected chi connectivity index (χ2v) is 3.26. The van der Waals surface area contributed by atoms with Crippen molar-refractivity contribution in [2.45, 2.75) is 33.1 Å². The van der Waals surface area contributed by atoms with Gasteiger partial charge in [0.05, 0.1) is 0 Å². The number of hydrogen-bond donors (Lipinski definition) is 0. The molecule has 0 N–H and O–H groups in total. The van der Waals surface area contributed by atoms with E-state index in [0.29, 0.717) is 0 Å². The molecule has 2 rings (SSSR count). The van der Waals surface area contributed by atoms with Crippen molar-refractivity contribution < 1.29 is 4.52 Å². The first-order chi connectivity index (χ1) is 5.77. The summed E-state index contributed by atoms with van der Waals surface area (Å²) in [6, 6.07) is 0. The molecule has 1 aliphatic carbocycles. The van der Waals surface area contributed by atoms with Crippen LogP contribution < -0.4 is 0 Å². The molecule has 0 bridgehead atoms. The van der Waals surface area contributed by atoms with E-state index in [0.717, 1.165) is 18.1 Å². The molecule has 3 heteroatoms. The molecular weight excluding hydrogens is 152 g/mol. The van der Waals surface area contributed by atoms with Gasteiger partial charge in [0.2, 0.25) is 0 Å². The predicted molar refractivity (Wildman–Crippen MR) is 45.5 cm³/mol. The highest BCUT2D eigenvalue weighted by Gasteiger charge is 2.17. The van der Waals surface area contributed by atoms with Crippen LogP contribution in [0.4, 0.5) is 0 Å². The molecule has 0 atom stereocenters. The number of aryl methyl sites for hydroxylation is 1. The molecule has 64 valence electrons. The Bertz CT molecular complexity index is 325. The molecule has 0 radical (unpaired) electrons. The van der Waals surface area contributed by atoms with Gasteiger partial charge in [-0.25, -0.2) is 0 Å². The van der Waals surface area contributed by atoms with Crippen LogP contribution in [0.25, 0.3) is 5.57 Å². The van der Waals surface area contributed by atoms with Gasteiger partial charge in [0.1, 0.15) is 0 Å². The summed E-state index contributed by atoms with van der Waals surface area (Å²) in [6.07, 6.45) is 3.49. The van der Waals surface area contributed by atoms with Gasteiger partial charge in [-0.15, -0.1) is 0 Å². The van der Waals surface area contributed by atoms with Crippen LogP contribution in [0.15, 0.2) is 10.1 Å². The zero-order valence-electron chi connectivity index (χ0n) is 7.42. The SMILES string of the molecule is CC1=C(c2nc(C)no2)CCC1. The molecule has 0 saturated carbocycles. The van der Waals surface area contributed by atoms with Gasteiger partial charge in [-0.3, -0.25) is 0 Å². The number of nitrogens with zero attached hydrogens (tertiary/aromatic N) is 2. The van der Waals surface area contributed by atoms with Crippen LogP contribution in [0.3, 0.4) is 0 Å². The van der Waals surface area contributed by atoms with Crippen molar-refractivity contribution in [1.82, 2.24) is 10.1 Å². The van der Waals surface area contributed by atoms with E-state index in [2.05, 4.69) is 17.1 Å². The van der Waals surface area contributed by atoms with E-state index < -0.39 is 0 Å². The van der Waals surface area contributed by atoms with Crippen LogP contribution in [0.5, 0.6) is 0 Å². The first-order valence-corrected chi connectivity index (χ1v) is 4.26. The Balaban J connectivity index is 2.36. The van der Waals surface area contributed by atoms with Crippen LogP contribution in [0.2, 0.25) is 0 Å². The molecule has 0 amide bonds. The van der Waals surface area contributed by atoms with Crippen molar-refractivity contribution in [1.29, 1.82) is 0 Å².